The molecule has 1 aliphatic heterocycles. The summed E-state index contributed by atoms with van der Waals surface area (Å²) in [6, 6.07) is 10.8. The van der Waals surface area contributed by atoms with Gasteiger partial charge in [0.25, 0.3) is 0 Å². The van der Waals surface area contributed by atoms with E-state index in [1.165, 1.54) is 32.1 Å². The molecule has 3 heteroatoms. The number of aliphatic hydroxyl groups is 1. The fourth-order valence-electron chi connectivity index (χ4n) is 3.43. The number of aromatic nitrogens is 1. The van der Waals surface area contributed by atoms with Crippen LogP contribution in [0.3, 0.4) is 0 Å². The second kappa shape index (κ2) is 6.44. The lowest BCUT2D eigenvalue weighted by atomic mass is 9.97. The van der Waals surface area contributed by atoms with Crippen molar-refractivity contribution in [1.82, 2.24) is 4.98 Å². The minimum atomic E-state index is 0.0580. The molecule has 21 heavy (non-hydrogen) atoms. The zero-order valence-electron chi connectivity index (χ0n) is 12.8. The molecule has 1 atom stereocenters. The summed E-state index contributed by atoms with van der Waals surface area (Å²) < 4.78 is 0. The average molecular weight is 284 g/mol. The zero-order valence-corrected chi connectivity index (χ0v) is 12.8. The number of para-hydroxylation sites is 1. The second-order valence-electron chi connectivity index (χ2n) is 5.95. The van der Waals surface area contributed by atoms with Gasteiger partial charge in [0.1, 0.15) is 5.82 Å². The van der Waals surface area contributed by atoms with Gasteiger partial charge in [0.15, 0.2) is 0 Å². The molecule has 1 N–H and O–H groups in total. The third kappa shape index (κ3) is 2.88. The molecule has 1 aromatic carbocycles. The van der Waals surface area contributed by atoms with Crippen molar-refractivity contribution in [1.29, 1.82) is 0 Å². The highest BCUT2D eigenvalue weighted by Gasteiger charge is 2.25. The highest BCUT2D eigenvalue weighted by atomic mass is 16.3. The number of hydrogen-bond donors (Lipinski definition) is 1. The Morgan fingerprint density at radius 1 is 1.29 bits per heavy atom. The molecule has 0 spiro atoms. The number of rotatable bonds is 4. The highest BCUT2D eigenvalue weighted by Crippen LogP contribution is 2.30. The van der Waals surface area contributed by atoms with Gasteiger partial charge in [-0.25, -0.2) is 4.98 Å². The van der Waals surface area contributed by atoms with Gasteiger partial charge < -0.3 is 10.0 Å². The lowest BCUT2D eigenvalue weighted by Gasteiger charge is -2.37. The Morgan fingerprint density at radius 3 is 2.95 bits per heavy atom. The van der Waals surface area contributed by atoms with Gasteiger partial charge in [-0.3, -0.25) is 0 Å². The Balaban J connectivity index is 2.04. The molecule has 3 nitrogen and oxygen atoms in total. The number of fused-ring (bicyclic) bond motifs is 1. The van der Waals surface area contributed by atoms with Crippen LogP contribution in [0.1, 0.15) is 44.6 Å². The third-order valence-electron chi connectivity index (χ3n) is 4.47. The number of pyridine rings is 1. The van der Waals surface area contributed by atoms with Gasteiger partial charge in [0.05, 0.1) is 12.1 Å². The molecule has 1 fully saturated rings. The van der Waals surface area contributed by atoms with Crippen molar-refractivity contribution in [2.45, 2.75) is 51.7 Å². The van der Waals surface area contributed by atoms with Crippen molar-refractivity contribution in [2.24, 2.45) is 0 Å². The smallest absolute Gasteiger partial charge is 0.135 e. The maximum Gasteiger partial charge on any atom is 0.135 e. The van der Waals surface area contributed by atoms with Crippen molar-refractivity contribution in [2.75, 3.05) is 11.4 Å². The topological polar surface area (TPSA) is 36.4 Å². The third-order valence-corrected chi connectivity index (χ3v) is 4.47. The molecule has 0 saturated carbocycles. The minimum absolute atomic E-state index is 0.0580. The van der Waals surface area contributed by atoms with E-state index in [0.29, 0.717) is 6.04 Å². The zero-order chi connectivity index (χ0) is 14.7. The maximum absolute atomic E-state index is 9.76. The number of anilines is 1. The fraction of sp³-hybridized carbons (Fsp3) is 0.500. The molecule has 0 radical (unpaired) electrons. The Bertz CT molecular complexity index is 609. The molecule has 1 unspecified atom stereocenters. The van der Waals surface area contributed by atoms with E-state index in [4.69, 9.17) is 4.98 Å². The SMILES string of the molecule is CCCC1CCCCN1c1nc2ccccc2cc1CO. The molecule has 2 heterocycles. The largest absolute Gasteiger partial charge is 0.392 e. The van der Waals surface area contributed by atoms with E-state index in [0.717, 1.165) is 28.8 Å². The molecule has 0 aliphatic carbocycles. The van der Waals surface area contributed by atoms with E-state index in [9.17, 15) is 5.11 Å². The van der Waals surface area contributed by atoms with Crippen LogP contribution in [-0.4, -0.2) is 22.7 Å². The van der Waals surface area contributed by atoms with Gasteiger partial charge >= 0.3 is 0 Å². The van der Waals surface area contributed by atoms with Crippen molar-refractivity contribution < 1.29 is 5.11 Å². The van der Waals surface area contributed by atoms with E-state index in [-0.39, 0.29) is 6.61 Å². The minimum Gasteiger partial charge on any atom is -0.392 e. The first-order valence-corrected chi connectivity index (χ1v) is 8.09. The summed E-state index contributed by atoms with van der Waals surface area (Å²) in [6.07, 6.45) is 6.18. The molecule has 0 amide bonds. The van der Waals surface area contributed by atoms with E-state index in [1.54, 1.807) is 0 Å². The van der Waals surface area contributed by atoms with Crippen LogP contribution in [0, 0.1) is 0 Å². The van der Waals surface area contributed by atoms with Crippen LogP contribution in [0.4, 0.5) is 5.82 Å². The van der Waals surface area contributed by atoms with Crippen LogP contribution in [0.5, 0.6) is 0 Å². The van der Waals surface area contributed by atoms with Crippen LogP contribution >= 0.6 is 0 Å². The molecule has 112 valence electrons. The van der Waals surface area contributed by atoms with Crippen LogP contribution in [0.15, 0.2) is 30.3 Å². The first-order chi connectivity index (χ1) is 10.3. The summed E-state index contributed by atoms with van der Waals surface area (Å²) in [4.78, 5) is 7.30. The highest BCUT2D eigenvalue weighted by molar-refractivity contribution is 5.81. The Labute approximate surface area is 126 Å². The fourth-order valence-corrected chi connectivity index (χ4v) is 3.43. The first-order valence-electron chi connectivity index (χ1n) is 8.09. The molecular formula is C18H24N2O. The van der Waals surface area contributed by atoms with E-state index >= 15 is 0 Å². The van der Waals surface area contributed by atoms with E-state index in [1.807, 2.05) is 12.1 Å². The number of piperidine rings is 1. The van der Waals surface area contributed by atoms with Gasteiger partial charge in [0.2, 0.25) is 0 Å². The monoisotopic (exact) mass is 284 g/mol. The Kier molecular flexibility index (Phi) is 4.39. The van der Waals surface area contributed by atoms with Gasteiger partial charge in [-0.2, -0.15) is 0 Å². The molecule has 2 aromatic rings. The lowest BCUT2D eigenvalue weighted by molar-refractivity contribution is 0.281. The predicted octanol–water partition coefficient (Wildman–Crippen LogP) is 3.89. The standard InChI is InChI=1S/C18H24N2O/c1-2-7-16-9-5-6-11-20(16)18-15(13-21)12-14-8-3-4-10-17(14)19-18/h3-4,8,10,12,16,21H,2,5-7,9,11,13H2,1H3. The van der Waals surface area contributed by atoms with Crippen molar-refractivity contribution >= 4 is 16.7 Å². The summed E-state index contributed by atoms with van der Waals surface area (Å²) in [6.45, 7) is 3.36. The van der Waals surface area contributed by atoms with Crippen LogP contribution in [-0.2, 0) is 6.61 Å². The number of aliphatic hydroxyl groups excluding tert-OH is 1. The molecule has 1 saturated heterocycles. The van der Waals surface area contributed by atoms with Crippen LogP contribution in [0.25, 0.3) is 10.9 Å². The van der Waals surface area contributed by atoms with Crippen LogP contribution in [0.2, 0.25) is 0 Å². The van der Waals surface area contributed by atoms with Crippen molar-refractivity contribution in [3.05, 3.63) is 35.9 Å². The number of benzene rings is 1. The van der Waals surface area contributed by atoms with Gasteiger partial charge in [0, 0.05) is 23.5 Å². The lowest BCUT2D eigenvalue weighted by Crippen LogP contribution is -2.40. The summed E-state index contributed by atoms with van der Waals surface area (Å²) in [5.41, 5.74) is 1.97. The first kappa shape index (κ1) is 14.3. The van der Waals surface area contributed by atoms with Crippen LogP contribution < -0.4 is 4.90 Å². The summed E-state index contributed by atoms with van der Waals surface area (Å²) in [5, 5.41) is 10.9. The molecule has 1 aromatic heterocycles. The summed E-state index contributed by atoms with van der Waals surface area (Å²) >= 11 is 0. The van der Waals surface area contributed by atoms with E-state index < -0.39 is 0 Å². The molecule has 0 bridgehead atoms. The maximum atomic E-state index is 9.76. The van der Waals surface area contributed by atoms with Crippen molar-refractivity contribution in [3.8, 4) is 0 Å². The average Bonchev–Trinajstić information content (AvgIpc) is 2.54. The van der Waals surface area contributed by atoms with Crippen molar-refractivity contribution in [3.63, 3.8) is 0 Å². The van der Waals surface area contributed by atoms with Gasteiger partial charge in [-0.1, -0.05) is 31.5 Å². The Morgan fingerprint density at radius 2 is 2.14 bits per heavy atom. The van der Waals surface area contributed by atoms with E-state index in [2.05, 4.69) is 30.0 Å². The summed E-state index contributed by atoms with van der Waals surface area (Å²) in [7, 11) is 0. The number of nitrogens with zero attached hydrogens (tertiary/aromatic N) is 2. The molecule has 3 rings (SSSR count). The molecule has 1 aliphatic rings. The Hall–Kier alpha value is -1.61. The predicted molar refractivity (Wildman–Crippen MR) is 87.6 cm³/mol. The quantitative estimate of drug-likeness (QED) is 0.925. The summed E-state index contributed by atoms with van der Waals surface area (Å²) in [5.74, 6) is 0.995. The van der Waals surface area contributed by atoms with Gasteiger partial charge in [-0.05, 0) is 37.8 Å². The number of hydrogen-bond acceptors (Lipinski definition) is 3. The molecular weight excluding hydrogens is 260 g/mol. The van der Waals surface area contributed by atoms with Gasteiger partial charge in [-0.15, -0.1) is 0 Å². The normalized spacial score (nSPS) is 19.1. The second-order valence-corrected chi connectivity index (χ2v) is 5.95.